The van der Waals surface area contributed by atoms with E-state index < -0.39 is 28.4 Å². The number of carbonyl (C=O) groups is 1. The first-order valence-corrected chi connectivity index (χ1v) is 9.57. The van der Waals surface area contributed by atoms with Crippen molar-refractivity contribution in [2.45, 2.75) is 31.4 Å². The molecule has 0 heterocycles. The molecule has 1 atom stereocenters. The van der Waals surface area contributed by atoms with Crippen LogP contribution in [0.1, 0.15) is 35.8 Å². The van der Waals surface area contributed by atoms with E-state index in [1.165, 1.54) is 37.3 Å². The molecule has 1 N–H and O–H groups in total. The molecule has 5 nitrogen and oxygen atoms in total. The maximum Gasteiger partial charge on any atom is 0.387 e. The van der Waals surface area contributed by atoms with Gasteiger partial charge in [0.05, 0.1) is 22.3 Å². The summed E-state index contributed by atoms with van der Waals surface area (Å²) in [6.45, 7) is 0.221. The molecule has 0 fully saturated rings. The Morgan fingerprint density at radius 2 is 1.85 bits per heavy atom. The van der Waals surface area contributed by atoms with Crippen molar-refractivity contribution in [3.63, 3.8) is 0 Å². The van der Waals surface area contributed by atoms with E-state index in [1.54, 1.807) is 25.1 Å². The Hall–Kier alpha value is -2.48. The van der Waals surface area contributed by atoms with Crippen LogP contribution < -0.4 is 10.1 Å². The van der Waals surface area contributed by atoms with Crippen LogP contribution >= 0.6 is 0 Å². The molecule has 0 spiro atoms. The van der Waals surface area contributed by atoms with E-state index in [2.05, 4.69) is 10.1 Å². The van der Waals surface area contributed by atoms with Crippen LogP contribution in [0, 0.1) is 0 Å². The van der Waals surface area contributed by atoms with Gasteiger partial charge in [-0.3, -0.25) is 4.79 Å². The summed E-state index contributed by atoms with van der Waals surface area (Å²) in [7, 11) is -3.56. The number of benzene rings is 2. The largest absolute Gasteiger partial charge is 0.435 e. The molecular formula is C18H19F2NO4S. The standard InChI is InChI=1S/C18H19F2NO4S/c1-3-26(23,24)16-10-5-4-9-15(16)17(22)21-12(2)13-7-6-8-14(11-13)25-18(19)20/h4-12,18H,3H2,1-2H3,(H,21,22)/t12-/m1/s1. The highest BCUT2D eigenvalue weighted by Crippen LogP contribution is 2.22. The molecule has 0 bridgehead atoms. The summed E-state index contributed by atoms with van der Waals surface area (Å²) < 4.78 is 53.3. The van der Waals surface area contributed by atoms with Crippen molar-refractivity contribution in [2.75, 3.05) is 5.75 Å². The van der Waals surface area contributed by atoms with Crippen molar-refractivity contribution in [1.29, 1.82) is 0 Å². The molecule has 0 unspecified atom stereocenters. The zero-order chi connectivity index (χ0) is 19.3. The molecule has 26 heavy (non-hydrogen) atoms. The molecule has 2 aromatic carbocycles. The molecule has 2 aromatic rings. The van der Waals surface area contributed by atoms with Gasteiger partial charge in [-0.25, -0.2) is 8.42 Å². The number of halogens is 2. The predicted octanol–water partition coefficient (Wildman–Crippen LogP) is 3.57. The maximum absolute atomic E-state index is 12.5. The van der Waals surface area contributed by atoms with E-state index >= 15 is 0 Å². The van der Waals surface area contributed by atoms with Gasteiger partial charge in [-0.1, -0.05) is 31.2 Å². The second kappa shape index (κ2) is 8.27. The number of nitrogens with one attached hydrogen (secondary N) is 1. The minimum atomic E-state index is -3.56. The number of hydrogen-bond acceptors (Lipinski definition) is 4. The Bertz CT molecular complexity index is 884. The van der Waals surface area contributed by atoms with E-state index in [9.17, 15) is 22.0 Å². The zero-order valence-electron chi connectivity index (χ0n) is 14.3. The number of carbonyl (C=O) groups excluding carboxylic acids is 1. The van der Waals surface area contributed by atoms with Crippen LogP contribution in [-0.2, 0) is 9.84 Å². The Balaban J connectivity index is 2.23. The summed E-state index contributed by atoms with van der Waals surface area (Å²) >= 11 is 0. The monoisotopic (exact) mass is 383 g/mol. The normalized spacial score (nSPS) is 12.7. The third-order valence-electron chi connectivity index (χ3n) is 3.78. The minimum Gasteiger partial charge on any atom is -0.435 e. The minimum absolute atomic E-state index is 0.0208. The van der Waals surface area contributed by atoms with E-state index in [0.717, 1.165) is 0 Å². The van der Waals surface area contributed by atoms with Crippen LogP contribution in [0.25, 0.3) is 0 Å². The van der Waals surface area contributed by atoms with Crippen LogP contribution in [0.15, 0.2) is 53.4 Å². The Labute approximate surface area is 150 Å². The van der Waals surface area contributed by atoms with Gasteiger partial charge < -0.3 is 10.1 Å². The van der Waals surface area contributed by atoms with Crippen LogP contribution in [0.4, 0.5) is 8.78 Å². The highest BCUT2D eigenvalue weighted by atomic mass is 32.2. The number of amides is 1. The first kappa shape index (κ1) is 19.8. The van der Waals surface area contributed by atoms with Gasteiger partial charge in [0.1, 0.15) is 5.75 Å². The maximum atomic E-state index is 12.5. The fourth-order valence-corrected chi connectivity index (χ4v) is 3.49. The SMILES string of the molecule is CCS(=O)(=O)c1ccccc1C(=O)N[C@H](C)c1cccc(OC(F)F)c1. The van der Waals surface area contributed by atoms with Gasteiger partial charge >= 0.3 is 6.61 Å². The third kappa shape index (κ3) is 4.78. The van der Waals surface area contributed by atoms with Gasteiger partial charge in [0.15, 0.2) is 9.84 Å². The Morgan fingerprint density at radius 3 is 2.50 bits per heavy atom. The first-order chi connectivity index (χ1) is 12.2. The fraction of sp³-hybridized carbons (Fsp3) is 0.278. The van der Waals surface area contributed by atoms with Gasteiger partial charge in [0.25, 0.3) is 5.91 Å². The van der Waals surface area contributed by atoms with Crippen molar-refractivity contribution in [1.82, 2.24) is 5.32 Å². The molecule has 0 saturated heterocycles. The van der Waals surface area contributed by atoms with Gasteiger partial charge in [-0.15, -0.1) is 0 Å². The summed E-state index contributed by atoms with van der Waals surface area (Å²) in [6.07, 6.45) is 0. The molecular weight excluding hydrogens is 364 g/mol. The van der Waals surface area contributed by atoms with Crippen molar-refractivity contribution in [2.24, 2.45) is 0 Å². The van der Waals surface area contributed by atoms with Crippen molar-refractivity contribution in [3.05, 3.63) is 59.7 Å². The summed E-state index contributed by atoms with van der Waals surface area (Å²) in [5.41, 5.74) is 0.591. The second-order valence-electron chi connectivity index (χ2n) is 5.55. The predicted molar refractivity (Wildman–Crippen MR) is 93.1 cm³/mol. The topological polar surface area (TPSA) is 72.5 Å². The summed E-state index contributed by atoms with van der Waals surface area (Å²) in [6, 6.07) is 11.4. The second-order valence-corrected chi connectivity index (χ2v) is 7.79. The lowest BCUT2D eigenvalue weighted by Crippen LogP contribution is -2.28. The Kier molecular flexibility index (Phi) is 6.31. The zero-order valence-corrected chi connectivity index (χ0v) is 15.1. The van der Waals surface area contributed by atoms with Gasteiger partial charge in [-0.05, 0) is 36.8 Å². The fourth-order valence-electron chi connectivity index (χ4n) is 2.40. The number of ether oxygens (including phenoxy) is 1. The van der Waals surface area contributed by atoms with Crippen LogP contribution in [0.3, 0.4) is 0 Å². The van der Waals surface area contributed by atoms with Crippen LogP contribution in [0.2, 0.25) is 0 Å². The average molecular weight is 383 g/mol. The third-order valence-corrected chi connectivity index (χ3v) is 5.56. The lowest BCUT2D eigenvalue weighted by atomic mass is 10.1. The molecule has 0 aliphatic heterocycles. The van der Waals surface area contributed by atoms with E-state index in [0.29, 0.717) is 5.56 Å². The molecule has 0 saturated carbocycles. The van der Waals surface area contributed by atoms with Crippen molar-refractivity contribution >= 4 is 15.7 Å². The Morgan fingerprint density at radius 1 is 1.15 bits per heavy atom. The lowest BCUT2D eigenvalue weighted by Gasteiger charge is -2.17. The van der Waals surface area contributed by atoms with Crippen molar-refractivity contribution < 1.29 is 26.7 Å². The van der Waals surface area contributed by atoms with Gasteiger partial charge in [0, 0.05) is 0 Å². The van der Waals surface area contributed by atoms with E-state index in [1.807, 2.05) is 0 Å². The summed E-state index contributed by atoms with van der Waals surface area (Å²) in [5, 5.41) is 2.68. The molecule has 8 heteroatoms. The smallest absolute Gasteiger partial charge is 0.387 e. The van der Waals surface area contributed by atoms with E-state index in [-0.39, 0.29) is 22.0 Å². The molecule has 140 valence electrons. The molecule has 0 aromatic heterocycles. The molecule has 1 amide bonds. The highest BCUT2D eigenvalue weighted by Gasteiger charge is 2.22. The average Bonchev–Trinajstić information content (AvgIpc) is 2.61. The summed E-state index contributed by atoms with van der Waals surface area (Å²) in [5.74, 6) is -0.710. The van der Waals surface area contributed by atoms with Crippen LogP contribution in [-0.4, -0.2) is 26.7 Å². The van der Waals surface area contributed by atoms with Crippen molar-refractivity contribution in [3.8, 4) is 5.75 Å². The number of sulfone groups is 1. The molecule has 0 aliphatic carbocycles. The van der Waals surface area contributed by atoms with Gasteiger partial charge in [-0.2, -0.15) is 8.78 Å². The van der Waals surface area contributed by atoms with E-state index in [4.69, 9.17) is 0 Å². The highest BCUT2D eigenvalue weighted by molar-refractivity contribution is 7.91. The first-order valence-electron chi connectivity index (χ1n) is 7.92. The lowest BCUT2D eigenvalue weighted by molar-refractivity contribution is -0.0499. The summed E-state index contributed by atoms with van der Waals surface area (Å²) in [4.78, 5) is 12.5. The molecule has 0 radical (unpaired) electrons. The number of rotatable bonds is 7. The quantitative estimate of drug-likeness (QED) is 0.793. The molecule has 2 rings (SSSR count). The number of alkyl halides is 2. The number of hydrogen-bond donors (Lipinski definition) is 1. The van der Waals surface area contributed by atoms with Crippen LogP contribution in [0.5, 0.6) is 5.75 Å². The van der Waals surface area contributed by atoms with Gasteiger partial charge in [0.2, 0.25) is 0 Å². The molecule has 0 aliphatic rings.